The van der Waals surface area contributed by atoms with Crippen molar-refractivity contribution < 1.29 is 47.9 Å². The molecule has 13 nitrogen and oxygen atoms in total. The minimum Gasteiger partial charge on any atom is -0.473 e. The molecule has 1 heterocycles. The molecule has 0 amide bonds. The van der Waals surface area contributed by atoms with Gasteiger partial charge in [-0.05, 0) is 40.3 Å². The Morgan fingerprint density at radius 1 is 1.14 bits per heavy atom. The van der Waals surface area contributed by atoms with E-state index in [9.17, 15) is 19.7 Å². The van der Waals surface area contributed by atoms with Gasteiger partial charge in [-0.3, -0.25) is 10.1 Å². The van der Waals surface area contributed by atoms with Gasteiger partial charge in [0.2, 0.25) is 0 Å². The van der Waals surface area contributed by atoms with E-state index in [2.05, 4.69) is 15.4 Å². The van der Waals surface area contributed by atoms with Gasteiger partial charge in [0.15, 0.2) is 0 Å². The standard InChI is InChI=1S/C21H27N3O6.C2H2O4/c1-12-16(19(25)29-6)18(14-8-7-9-15(10-14)24(27)28)17(13(2)23-12)20(26)30-21(3,4)11-22-5;3-1(4)2(5)6/h7-10,18,22-23H,11H2,1-6H3;(H,3,4)(H,5,6)/i6D3;. The van der Waals surface area contributed by atoms with E-state index in [-0.39, 0.29) is 28.1 Å². The number of dihydropyridines is 1. The van der Waals surface area contributed by atoms with Crippen molar-refractivity contribution in [2.45, 2.75) is 39.2 Å². The van der Waals surface area contributed by atoms with Gasteiger partial charge in [0.25, 0.3) is 5.69 Å². The van der Waals surface area contributed by atoms with E-state index in [0.29, 0.717) is 12.2 Å². The maximum atomic E-state index is 13.3. The first-order chi connectivity index (χ1) is 17.8. The average molecular weight is 511 g/mol. The van der Waals surface area contributed by atoms with Crippen LogP contribution >= 0.6 is 0 Å². The molecule has 4 N–H and O–H groups in total. The molecule has 1 aliphatic rings. The molecule has 36 heavy (non-hydrogen) atoms. The highest BCUT2D eigenvalue weighted by Gasteiger charge is 2.39. The maximum absolute atomic E-state index is 13.3. The Hall–Kier alpha value is -4.26. The van der Waals surface area contributed by atoms with Crippen LogP contribution in [-0.4, -0.2) is 65.2 Å². The smallest absolute Gasteiger partial charge is 0.414 e. The van der Waals surface area contributed by atoms with Crippen LogP contribution in [0.5, 0.6) is 0 Å². The van der Waals surface area contributed by atoms with Crippen molar-refractivity contribution in [1.82, 2.24) is 10.6 Å². The van der Waals surface area contributed by atoms with Crippen LogP contribution in [-0.2, 0) is 28.7 Å². The molecule has 0 aliphatic carbocycles. The van der Waals surface area contributed by atoms with Crippen LogP contribution in [0.25, 0.3) is 0 Å². The van der Waals surface area contributed by atoms with Gasteiger partial charge in [0, 0.05) is 30.1 Å². The number of aliphatic carboxylic acids is 2. The molecule has 0 saturated heterocycles. The Balaban J connectivity index is 0.00000113. The number of methoxy groups -OCH3 is 1. The summed E-state index contributed by atoms with van der Waals surface area (Å²) in [6.07, 6.45) is 0. The van der Waals surface area contributed by atoms with Crippen LogP contribution in [0.4, 0.5) is 5.69 Å². The number of ether oxygens (including phenoxy) is 2. The molecule has 0 fully saturated rings. The molecule has 0 spiro atoms. The third-order valence-corrected chi connectivity index (χ3v) is 4.86. The number of carboxylic acids is 2. The van der Waals surface area contributed by atoms with Crippen LogP contribution in [0.2, 0.25) is 0 Å². The molecule has 0 aromatic heterocycles. The minimum atomic E-state index is -3.02. The predicted molar refractivity (Wildman–Crippen MR) is 126 cm³/mol. The summed E-state index contributed by atoms with van der Waals surface area (Å²) in [5.41, 5.74) is -0.460. The maximum Gasteiger partial charge on any atom is 0.414 e. The van der Waals surface area contributed by atoms with Gasteiger partial charge in [-0.15, -0.1) is 0 Å². The zero-order valence-electron chi connectivity index (χ0n) is 23.2. The monoisotopic (exact) mass is 510 g/mol. The number of nitrogens with one attached hydrogen (secondary N) is 2. The first kappa shape index (κ1) is 24.9. The number of rotatable bonds is 7. The number of carbonyl (C=O) groups excluding carboxylic acids is 2. The van der Waals surface area contributed by atoms with E-state index in [4.69, 9.17) is 28.7 Å². The summed E-state index contributed by atoms with van der Waals surface area (Å²) >= 11 is 0. The normalized spacial score (nSPS) is 16.8. The lowest BCUT2D eigenvalue weighted by Crippen LogP contribution is -2.40. The first-order valence-corrected chi connectivity index (χ1v) is 10.3. The van der Waals surface area contributed by atoms with Crippen molar-refractivity contribution in [2.75, 3.05) is 20.6 Å². The molecule has 196 valence electrons. The molecule has 0 radical (unpaired) electrons. The Labute approximate surface area is 211 Å². The summed E-state index contributed by atoms with van der Waals surface area (Å²) in [5, 5.41) is 32.0. The predicted octanol–water partition coefficient (Wildman–Crippen LogP) is 1.70. The van der Waals surface area contributed by atoms with Gasteiger partial charge in [0.05, 0.1) is 33.1 Å². The summed E-state index contributed by atoms with van der Waals surface area (Å²) in [6.45, 7) is 6.85. The average Bonchev–Trinajstić information content (AvgIpc) is 2.77. The number of allylic oxidation sites excluding steroid dienone is 2. The molecule has 1 unspecified atom stereocenters. The van der Waals surface area contributed by atoms with Crippen LogP contribution in [0.15, 0.2) is 46.8 Å². The van der Waals surface area contributed by atoms with Crippen molar-refractivity contribution in [3.63, 3.8) is 0 Å². The van der Waals surface area contributed by atoms with Gasteiger partial charge < -0.3 is 30.3 Å². The molecule has 1 atom stereocenters. The van der Waals surface area contributed by atoms with Crippen LogP contribution < -0.4 is 10.6 Å². The molecule has 1 aromatic carbocycles. The number of hydrogen-bond donors (Lipinski definition) is 4. The van der Waals surface area contributed by atoms with Crippen molar-refractivity contribution in [1.29, 1.82) is 0 Å². The largest absolute Gasteiger partial charge is 0.473 e. The number of non-ortho nitro benzene ring substituents is 1. The second-order valence-electron chi connectivity index (χ2n) is 8.17. The summed E-state index contributed by atoms with van der Waals surface area (Å²) in [5.74, 6) is -6.74. The molecular formula is C23H29N3O10. The van der Waals surface area contributed by atoms with E-state index in [1.807, 2.05) is 0 Å². The lowest BCUT2D eigenvalue weighted by molar-refractivity contribution is -0.384. The topological polar surface area (TPSA) is 194 Å². The lowest BCUT2D eigenvalue weighted by Gasteiger charge is -2.32. The minimum absolute atomic E-state index is 0.0165. The summed E-state index contributed by atoms with van der Waals surface area (Å²) in [6, 6.07) is 5.43. The number of esters is 2. The molecule has 1 aliphatic heterocycles. The first-order valence-electron chi connectivity index (χ1n) is 11.8. The molecule has 0 bridgehead atoms. The summed E-state index contributed by atoms with van der Waals surface area (Å²) in [4.78, 5) is 55.1. The van der Waals surface area contributed by atoms with E-state index in [1.54, 1.807) is 27.8 Å². The Bertz CT molecular complexity index is 1210. The second-order valence-corrected chi connectivity index (χ2v) is 8.17. The summed E-state index contributed by atoms with van der Waals surface area (Å²) < 4.78 is 32.2. The fourth-order valence-corrected chi connectivity index (χ4v) is 3.51. The third kappa shape index (κ3) is 7.63. The fraction of sp³-hybridized carbons (Fsp3) is 0.391. The highest BCUT2D eigenvalue weighted by Crippen LogP contribution is 2.40. The van der Waals surface area contributed by atoms with Crippen molar-refractivity contribution in [3.05, 3.63) is 62.5 Å². The number of nitrogens with zero attached hydrogens (tertiary/aromatic N) is 1. The van der Waals surface area contributed by atoms with Crippen LogP contribution in [0.3, 0.4) is 0 Å². The van der Waals surface area contributed by atoms with Gasteiger partial charge in [-0.25, -0.2) is 19.2 Å². The molecular weight excluding hydrogens is 478 g/mol. The van der Waals surface area contributed by atoms with Crippen LogP contribution in [0, 0.1) is 10.1 Å². The Morgan fingerprint density at radius 2 is 1.69 bits per heavy atom. The SMILES string of the molecule is O=C(O)C(=O)O.[2H]C([2H])([2H])OC(=O)C1=C(C)NC(C)=C(C(=O)OC(C)(C)CNC)C1c1cccc([N+](=O)[O-])c1. The zero-order chi connectivity index (χ0) is 30.3. The number of benzene rings is 1. The Morgan fingerprint density at radius 3 is 2.17 bits per heavy atom. The Kier molecular flexibility index (Phi) is 8.59. The molecule has 1 aromatic rings. The van der Waals surface area contributed by atoms with E-state index in [0.717, 1.165) is 0 Å². The van der Waals surface area contributed by atoms with Gasteiger partial charge in [-0.1, -0.05) is 12.1 Å². The zero-order valence-corrected chi connectivity index (χ0v) is 20.2. The summed E-state index contributed by atoms with van der Waals surface area (Å²) in [7, 11) is -1.33. The number of carbonyl (C=O) groups is 4. The lowest BCUT2D eigenvalue weighted by atomic mass is 9.80. The highest BCUT2D eigenvalue weighted by atomic mass is 16.6. The van der Waals surface area contributed by atoms with Crippen molar-refractivity contribution in [3.8, 4) is 0 Å². The van der Waals surface area contributed by atoms with Crippen molar-refractivity contribution in [2.24, 2.45) is 0 Å². The van der Waals surface area contributed by atoms with Crippen LogP contribution in [0.1, 0.15) is 43.3 Å². The highest BCUT2D eigenvalue weighted by molar-refractivity contribution is 6.27. The number of nitro benzene ring substituents is 1. The van der Waals surface area contributed by atoms with Gasteiger partial charge in [0.1, 0.15) is 5.60 Å². The van der Waals surface area contributed by atoms with Crippen molar-refractivity contribution >= 4 is 29.6 Å². The number of carboxylic acid groups (broad SMARTS) is 2. The number of hydrogen-bond acceptors (Lipinski definition) is 10. The van der Waals surface area contributed by atoms with E-state index >= 15 is 0 Å². The molecule has 13 heteroatoms. The van der Waals surface area contributed by atoms with Gasteiger partial charge in [-0.2, -0.15) is 0 Å². The van der Waals surface area contributed by atoms with E-state index < -0.39 is 47.4 Å². The molecule has 2 rings (SSSR count). The number of likely N-dealkylation sites (N-methyl/N-ethyl adjacent to an activating group) is 1. The van der Waals surface area contributed by atoms with E-state index in [1.165, 1.54) is 31.2 Å². The third-order valence-electron chi connectivity index (χ3n) is 4.86. The molecule has 0 saturated carbocycles. The second kappa shape index (κ2) is 12.4. The number of nitro groups is 1. The fourth-order valence-electron chi connectivity index (χ4n) is 3.51. The quantitative estimate of drug-likeness (QED) is 0.180. The van der Waals surface area contributed by atoms with Gasteiger partial charge >= 0.3 is 23.9 Å².